The molecule has 148 valence electrons. The van der Waals surface area contributed by atoms with Gasteiger partial charge in [-0.15, -0.1) is 0 Å². The predicted octanol–water partition coefficient (Wildman–Crippen LogP) is 5.21. The molecule has 1 fully saturated rings. The van der Waals surface area contributed by atoms with Gasteiger partial charge in [-0.25, -0.2) is 9.97 Å². The van der Waals surface area contributed by atoms with Crippen molar-refractivity contribution in [3.8, 4) is 0 Å². The number of fused-ring (bicyclic) bond motifs is 1. The summed E-state index contributed by atoms with van der Waals surface area (Å²) in [6.07, 6.45) is 5.00. The molecular formula is C24H27N5. The van der Waals surface area contributed by atoms with Crippen LogP contribution in [0.5, 0.6) is 0 Å². The highest BCUT2D eigenvalue weighted by Gasteiger charge is 2.21. The van der Waals surface area contributed by atoms with Crippen molar-refractivity contribution in [3.05, 3.63) is 66.0 Å². The topological polar surface area (TPSA) is 44.3 Å². The molecule has 3 heterocycles. The molecule has 3 aromatic rings. The molecule has 0 spiro atoms. The molecule has 1 saturated heterocycles. The van der Waals surface area contributed by atoms with Crippen molar-refractivity contribution in [3.63, 3.8) is 0 Å². The SMILES string of the molecule is Cc1nc(Nc2ccc(N3CCCCC3)cc2)cc(N2CCc3ccccc32)n1. The van der Waals surface area contributed by atoms with Gasteiger partial charge in [0.05, 0.1) is 0 Å². The molecule has 0 unspecified atom stereocenters. The standard InChI is InChI=1S/C24H27N5/c1-18-25-23(17-24(26-18)29-16-13-19-7-3-4-8-22(19)29)27-20-9-11-21(12-10-20)28-14-5-2-6-15-28/h3-4,7-12,17H,2,5-6,13-16H2,1H3,(H,25,26,27). The quantitative estimate of drug-likeness (QED) is 0.668. The lowest BCUT2D eigenvalue weighted by molar-refractivity contribution is 0.578. The molecular weight excluding hydrogens is 358 g/mol. The lowest BCUT2D eigenvalue weighted by Gasteiger charge is -2.28. The fourth-order valence-corrected chi connectivity index (χ4v) is 4.39. The number of para-hydroxylation sites is 1. The number of anilines is 5. The number of piperidine rings is 1. The number of nitrogens with zero attached hydrogens (tertiary/aromatic N) is 4. The summed E-state index contributed by atoms with van der Waals surface area (Å²) in [6.45, 7) is 5.24. The summed E-state index contributed by atoms with van der Waals surface area (Å²) in [6, 6.07) is 19.3. The van der Waals surface area contributed by atoms with Gasteiger partial charge in [-0.2, -0.15) is 0 Å². The normalized spacial score (nSPS) is 16.0. The summed E-state index contributed by atoms with van der Waals surface area (Å²) in [5, 5.41) is 3.47. The van der Waals surface area contributed by atoms with Gasteiger partial charge in [0.25, 0.3) is 0 Å². The molecule has 0 radical (unpaired) electrons. The van der Waals surface area contributed by atoms with Crippen LogP contribution in [0.3, 0.4) is 0 Å². The molecule has 2 aliphatic heterocycles. The fourth-order valence-electron chi connectivity index (χ4n) is 4.39. The van der Waals surface area contributed by atoms with Crippen LogP contribution >= 0.6 is 0 Å². The number of hydrogen-bond acceptors (Lipinski definition) is 5. The first-order chi connectivity index (χ1) is 14.3. The Morgan fingerprint density at radius 3 is 2.48 bits per heavy atom. The Balaban J connectivity index is 1.36. The summed E-state index contributed by atoms with van der Waals surface area (Å²) in [7, 11) is 0. The Hall–Kier alpha value is -3.08. The molecule has 1 N–H and O–H groups in total. The third-order valence-electron chi connectivity index (χ3n) is 5.85. The van der Waals surface area contributed by atoms with Gasteiger partial charge in [0.1, 0.15) is 17.5 Å². The van der Waals surface area contributed by atoms with E-state index in [-0.39, 0.29) is 0 Å². The highest BCUT2D eigenvalue weighted by atomic mass is 15.2. The van der Waals surface area contributed by atoms with Gasteiger partial charge >= 0.3 is 0 Å². The summed E-state index contributed by atoms with van der Waals surface area (Å²) in [5.41, 5.74) is 4.99. The Morgan fingerprint density at radius 1 is 0.862 bits per heavy atom. The van der Waals surface area contributed by atoms with Crippen molar-refractivity contribution in [1.29, 1.82) is 0 Å². The van der Waals surface area contributed by atoms with Crippen LogP contribution in [0.2, 0.25) is 0 Å². The molecule has 0 saturated carbocycles. The number of aryl methyl sites for hydroxylation is 1. The van der Waals surface area contributed by atoms with Crippen molar-refractivity contribution in [1.82, 2.24) is 9.97 Å². The summed E-state index contributed by atoms with van der Waals surface area (Å²) in [4.78, 5) is 14.1. The van der Waals surface area contributed by atoms with Crippen LogP contribution in [0.25, 0.3) is 0 Å². The number of hydrogen-bond donors (Lipinski definition) is 1. The van der Waals surface area contributed by atoms with Gasteiger partial charge in [0.15, 0.2) is 0 Å². The number of nitrogens with one attached hydrogen (secondary N) is 1. The van der Waals surface area contributed by atoms with E-state index >= 15 is 0 Å². The molecule has 1 aromatic heterocycles. The molecule has 2 aromatic carbocycles. The van der Waals surface area contributed by atoms with E-state index in [1.54, 1.807) is 0 Å². The van der Waals surface area contributed by atoms with Crippen LogP contribution in [-0.4, -0.2) is 29.6 Å². The second-order valence-corrected chi connectivity index (χ2v) is 7.91. The van der Waals surface area contributed by atoms with Crippen LogP contribution in [0.1, 0.15) is 30.7 Å². The molecule has 5 rings (SSSR count). The smallest absolute Gasteiger partial charge is 0.138 e. The van der Waals surface area contributed by atoms with Crippen LogP contribution in [0.15, 0.2) is 54.6 Å². The zero-order valence-corrected chi connectivity index (χ0v) is 16.9. The minimum absolute atomic E-state index is 0.777. The minimum Gasteiger partial charge on any atom is -0.372 e. The third-order valence-corrected chi connectivity index (χ3v) is 5.85. The highest BCUT2D eigenvalue weighted by Crippen LogP contribution is 2.34. The maximum atomic E-state index is 4.70. The lowest BCUT2D eigenvalue weighted by Crippen LogP contribution is -2.29. The molecule has 0 aliphatic carbocycles. The highest BCUT2D eigenvalue weighted by molar-refractivity contribution is 5.70. The van der Waals surface area contributed by atoms with Crippen molar-refractivity contribution >= 4 is 28.7 Å². The van der Waals surface area contributed by atoms with E-state index in [9.17, 15) is 0 Å². The summed E-state index contributed by atoms with van der Waals surface area (Å²) >= 11 is 0. The first-order valence-electron chi connectivity index (χ1n) is 10.6. The van der Waals surface area contributed by atoms with Crippen molar-refractivity contribution in [2.45, 2.75) is 32.6 Å². The fraction of sp³-hybridized carbons (Fsp3) is 0.333. The van der Waals surface area contributed by atoms with E-state index in [4.69, 9.17) is 4.98 Å². The van der Waals surface area contributed by atoms with E-state index in [1.807, 2.05) is 13.0 Å². The first-order valence-corrected chi connectivity index (χ1v) is 10.6. The van der Waals surface area contributed by atoms with Gasteiger partial charge in [-0.3, -0.25) is 0 Å². The largest absolute Gasteiger partial charge is 0.372 e. The number of benzene rings is 2. The van der Waals surface area contributed by atoms with Crippen LogP contribution in [0, 0.1) is 6.92 Å². The molecule has 0 amide bonds. The van der Waals surface area contributed by atoms with Gasteiger partial charge in [0.2, 0.25) is 0 Å². The average Bonchev–Trinajstić information content (AvgIpc) is 3.19. The maximum absolute atomic E-state index is 4.70. The second-order valence-electron chi connectivity index (χ2n) is 7.91. The number of aromatic nitrogens is 2. The average molecular weight is 386 g/mol. The summed E-state index contributed by atoms with van der Waals surface area (Å²) in [5.74, 6) is 2.57. The van der Waals surface area contributed by atoms with E-state index in [2.05, 4.69) is 68.6 Å². The molecule has 2 aliphatic rings. The third kappa shape index (κ3) is 3.77. The number of rotatable bonds is 4. The van der Waals surface area contributed by atoms with Crippen molar-refractivity contribution < 1.29 is 0 Å². The van der Waals surface area contributed by atoms with E-state index in [0.29, 0.717) is 0 Å². The van der Waals surface area contributed by atoms with Crippen LogP contribution < -0.4 is 15.1 Å². The van der Waals surface area contributed by atoms with Gasteiger partial charge in [-0.1, -0.05) is 18.2 Å². The Morgan fingerprint density at radius 2 is 1.66 bits per heavy atom. The second kappa shape index (κ2) is 7.74. The zero-order chi connectivity index (χ0) is 19.6. The zero-order valence-electron chi connectivity index (χ0n) is 16.9. The predicted molar refractivity (Wildman–Crippen MR) is 120 cm³/mol. The van der Waals surface area contributed by atoms with Gasteiger partial charge in [-0.05, 0) is 68.5 Å². The summed E-state index contributed by atoms with van der Waals surface area (Å²) < 4.78 is 0. The van der Waals surface area contributed by atoms with Crippen molar-refractivity contribution in [2.75, 3.05) is 34.8 Å². The van der Waals surface area contributed by atoms with Gasteiger partial charge < -0.3 is 15.1 Å². The molecule has 0 atom stereocenters. The monoisotopic (exact) mass is 385 g/mol. The van der Waals surface area contributed by atoms with Crippen LogP contribution in [-0.2, 0) is 6.42 Å². The Bertz CT molecular complexity index is 992. The Labute approximate surface area is 172 Å². The lowest BCUT2D eigenvalue weighted by atomic mass is 10.1. The minimum atomic E-state index is 0.777. The molecule has 5 heteroatoms. The van der Waals surface area contributed by atoms with Crippen molar-refractivity contribution in [2.24, 2.45) is 0 Å². The molecule has 29 heavy (non-hydrogen) atoms. The van der Waals surface area contributed by atoms with E-state index in [0.717, 1.165) is 36.1 Å². The maximum Gasteiger partial charge on any atom is 0.138 e. The van der Waals surface area contributed by atoms with E-state index in [1.165, 1.54) is 49.3 Å². The molecule has 5 nitrogen and oxygen atoms in total. The van der Waals surface area contributed by atoms with E-state index < -0.39 is 0 Å². The Kier molecular flexibility index (Phi) is 4.80. The van der Waals surface area contributed by atoms with Crippen LogP contribution in [0.4, 0.5) is 28.7 Å². The first kappa shape index (κ1) is 18.0. The molecule has 0 bridgehead atoms. The van der Waals surface area contributed by atoms with Gasteiger partial charge in [0, 0.05) is 42.8 Å².